The minimum absolute atomic E-state index is 0.0282. The first-order valence-electron chi connectivity index (χ1n) is 11.9. The van der Waals surface area contributed by atoms with Crippen LogP contribution in [0.2, 0.25) is 0 Å². The third-order valence-corrected chi connectivity index (χ3v) is 7.76. The zero-order chi connectivity index (χ0) is 24.1. The van der Waals surface area contributed by atoms with Crippen LogP contribution in [0.15, 0.2) is 36.4 Å². The number of amides is 1. The molecule has 3 aliphatic rings. The van der Waals surface area contributed by atoms with E-state index in [2.05, 4.69) is 36.1 Å². The Labute approximate surface area is 200 Å². The van der Waals surface area contributed by atoms with Crippen LogP contribution >= 0.6 is 0 Å². The molecule has 5 rings (SSSR count). The van der Waals surface area contributed by atoms with E-state index in [1.54, 1.807) is 0 Å². The van der Waals surface area contributed by atoms with Crippen molar-refractivity contribution in [2.24, 2.45) is 5.41 Å². The van der Waals surface area contributed by atoms with Gasteiger partial charge in [0.2, 0.25) is 10.0 Å². The van der Waals surface area contributed by atoms with Crippen molar-refractivity contribution in [1.29, 1.82) is 0 Å². The summed E-state index contributed by atoms with van der Waals surface area (Å²) in [4.78, 5) is 14.8. The van der Waals surface area contributed by atoms with Crippen LogP contribution in [0.1, 0.15) is 65.1 Å². The third kappa shape index (κ3) is 5.13. The van der Waals surface area contributed by atoms with Crippen molar-refractivity contribution in [3.63, 3.8) is 0 Å². The van der Waals surface area contributed by atoms with Gasteiger partial charge < -0.3 is 4.74 Å². The molecule has 2 aliphatic carbocycles. The van der Waals surface area contributed by atoms with E-state index in [9.17, 15) is 17.6 Å². The second-order valence-electron chi connectivity index (χ2n) is 10.3. The number of piperidine rings is 1. The molecule has 8 heteroatoms. The van der Waals surface area contributed by atoms with E-state index in [0.717, 1.165) is 63.6 Å². The summed E-state index contributed by atoms with van der Waals surface area (Å²) in [6, 6.07) is 11.3. The maximum atomic E-state index is 14.8. The lowest BCUT2D eigenvalue weighted by Gasteiger charge is -2.33. The fraction of sp³-hybridized carbons (Fsp3) is 0.500. The van der Waals surface area contributed by atoms with E-state index in [1.165, 1.54) is 23.3 Å². The average molecular weight is 487 g/mol. The van der Waals surface area contributed by atoms with Crippen molar-refractivity contribution in [2.75, 3.05) is 19.3 Å². The number of hydrogen-bond acceptors (Lipinski definition) is 5. The van der Waals surface area contributed by atoms with Gasteiger partial charge in [-0.3, -0.25) is 9.69 Å². The SMILES string of the molecule is Cc1cccc(CN2CCCC3(C[C@H]3Oc3cc(F)c(C(=O)NS(C)(=O)=O)cc3C3CC3)C2)c1. The van der Waals surface area contributed by atoms with Crippen molar-refractivity contribution >= 4 is 15.9 Å². The maximum absolute atomic E-state index is 14.8. The Bertz CT molecular complexity index is 1230. The first-order chi connectivity index (χ1) is 16.1. The van der Waals surface area contributed by atoms with Gasteiger partial charge in [0.15, 0.2) is 0 Å². The number of carbonyl (C=O) groups is 1. The predicted octanol–water partition coefficient (Wildman–Crippen LogP) is 4.13. The molecule has 1 heterocycles. The first kappa shape index (κ1) is 23.3. The lowest BCUT2D eigenvalue weighted by atomic mass is 9.94. The van der Waals surface area contributed by atoms with Crippen LogP contribution in [0.5, 0.6) is 5.75 Å². The van der Waals surface area contributed by atoms with E-state index in [0.29, 0.717) is 5.75 Å². The van der Waals surface area contributed by atoms with Crippen LogP contribution < -0.4 is 9.46 Å². The fourth-order valence-corrected chi connectivity index (χ4v) is 5.75. The van der Waals surface area contributed by atoms with E-state index in [4.69, 9.17) is 4.74 Å². The Hall–Kier alpha value is -2.45. The highest BCUT2D eigenvalue weighted by Gasteiger charge is 2.58. The molecule has 1 amide bonds. The summed E-state index contributed by atoms with van der Waals surface area (Å²) in [6.45, 7) is 5.05. The minimum atomic E-state index is -3.78. The highest BCUT2D eigenvalue weighted by molar-refractivity contribution is 7.89. The Morgan fingerprint density at radius 1 is 1.26 bits per heavy atom. The normalized spacial score (nSPS) is 24.7. The quantitative estimate of drug-likeness (QED) is 0.637. The molecule has 3 fully saturated rings. The van der Waals surface area contributed by atoms with Crippen molar-refractivity contribution in [3.8, 4) is 5.75 Å². The topological polar surface area (TPSA) is 75.7 Å². The second kappa shape index (κ2) is 8.64. The van der Waals surface area contributed by atoms with Gasteiger partial charge >= 0.3 is 0 Å². The van der Waals surface area contributed by atoms with Gasteiger partial charge in [0.25, 0.3) is 5.91 Å². The van der Waals surface area contributed by atoms with Crippen molar-refractivity contribution < 1.29 is 22.3 Å². The molecule has 2 atom stereocenters. The van der Waals surface area contributed by atoms with Crippen molar-refractivity contribution in [3.05, 3.63) is 64.5 Å². The smallest absolute Gasteiger partial charge is 0.267 e. The number of nitrogens with zero attached hydrogens (tertiary/aromatic N) is 1. The van der Waals surface area contributed by atoms with Gasteiger partial charge in [-0.25, -0.2) is 17.5 Å². The summed E-state index contributed by atoms with van der Waals surface area (Å²) in [6.07, 6.45) is 5.96. The Kier molecular flexibility index (Phi) is 5.92. The summed E-state index contributed by atoms with van der Waals surface area (Å²) >= 11 is 0. The molecular weight excluding hydrogens is 455 g/mol. The number of carbonyl (C=O) groups excluding carboxylic acids is 1. The summed E-state index contributed by atoms with van der Waals surface area (Å²) in [5, 5.41) is 0. The molecule has 1 spiro atoms. The van der Waals surface area contributed by atoms with Gasteiger partial charge in [0.1, 0.15) is 17.7 Å². The van der Waals surface area contributed by atoms with Gasteiger partial charge in [-0.05, 0) is 68.7 Å². The standard InChI is InChI=1S/C26H31FN2O4S/c1-17-5-3-6-18(11-17)15-29-10-4-9-26(16-29)14-24(26)33-23-13-22(27)21(12-20(23)19-7-8-19)25(30)28-34(2,31)32/h3,5-6,11-13,19,24H,4,7-10,14-16H2,1-2H3,(H,28,30)/t24-,26?/m1/s1. The highest BCUT2D eigenvalue weighted by Crippen LogP contribution is 2.55. The number of ether oxygens (including phenoxy) is 1. The molecule has 2 aromatic rings. The van der Waals surface area contributed by atoms with Gasteiger partial charge in [-0.2, -0.15) is 0 Å². The van der Waals surface area contributed by atoms with E-state index < -0.39 is 21.7 Å². The summed E-state index contributed by atoms with van der Waals surface area (Å²) in [5.41, 5.74) is 3.21. The maximum Gasteiger partial charge on any atom is 0.267 e. The van der Waals surface area contributed by atoms with Crippen LogP contribution in [0.3, 0.4) is 0 Å². The Morgan fingerprint density at radius 2 is 2.06 bits per heavy atom. The van der Waals surface area contributed by atoms with Gasteiger partial charge in [-0.15, -0.1) is 0 Å². The van der Waals surface area contributed by atoms with E-state index >= 15 is 0 Å². The summed E-state index contributed by atoms with van der Waals surface area (Å²) in [7, 11) is -3.78. The van der Waals surface area contributed by atoms with Crippen LogP contribution in [0.4, 0.5) is 4.39 Å². The monoisotopic (exact) mass is 486 g/mol. The van der Waals surface area contributed by atoms with E-state index in [1.807, 2.05) is 4.72 Å². The second-order valence-corrected chi connectivity index (χ2v) is 12.1. The average Bonchev–Trinajstić information content (AvgIpc) is 3.66. The largest absolute Gasteiger partial charge is 0.489 e. The molecule has 34 heavy (non-hydrogen) atoms. The van der Waals surface area contributed by atoms with Gasteiger partial charge in [0.05, 0.1) is 11.8 Å². The number of rotatable bonds is 7. The van der Waals surface area contributed by atoms with Crippen LogP contribution in [-0.2, 0) is 16.6 Å². The minimum Gasteiger partial charge on any atom is -0.489 e. The van der Waals surface area contributed by atoms with Crippen molar-refractivity contribution in [1.82, 2.24) is 9.62 Å². The van der Waals surface area contributed by atoms with Crippen LogP contribution in [-0.4, -0.2) is 44.7 Å². The van der Waals surface area contributed by atoms with Crippen molar-refractivity contribution in [2.45, 2.75) is 57.6 Å². The molecule has 0 radical (unpaired) electrons. The number of halogens is 1. The molecule has 6 nitrogen and oxygen atoms in total. The molecular formula is C26H31FN2O4S. The lowest BCUT2D eigenvalue weighted by Crippen LogP contribution is -2.38. The number of benzene rings is 2. The van der Waals surface area contributed by atoms with Gasteiger partial charge in [-0.1, -0.05) is 29.8 Å². The zero-order valence-corrected chi connectivity index (χ0v) is 20.5. The van der Waals surface area contributed by atoms with E-state index in [-0.39, 0.29) is 23.0 Å². The van der Waals surface area contributed by atoms with Gasteiger partial charge in [0, 0.05) is 24.6 Å². The highest BCUT2D eigenvalue weighted by atomic mass is 32.2. The number of aryl methyl sites for hydroxylation is 1. The molecule has 1 N–H and O–H groups in total. The Morgan fingerprint density at radius 3 is 2.76 bits per heavy atom. The Balaban J connectivity index is 1.30. The summed E-state index contributed by atoms with van der Waals surface area (Å²) < 4.78 is 45.9. The molecule has 1 unspecified atom stereocenters. The number of nitrogens with one attached hydrogen (secondary N) is 1. The molecule has 2 aromatic carbocycles. The molecule has 0 bridgehead atoms. The molecule has 1 aliphatic heterocycles. The number of hydrogen-bond donors (Lipinski definition) is 1. The first-order valence-corrected chi connectivity index (χ1v) is 13.8. The third-order valence-electron chi connectivity index (χ3n) is 7.20. The summed E-state index contributed by atoms with van der Waals surface area (Å²) in [5.74, 6) is -0.997. The lowest BCUT2D eigenvalue weighted by molar-refractivity contribution is 0.0977. The molecule has 2 saturated carbocycles. The number of sulfonamides is 1. The molecule has 0 aromatic heterocycles. The number of likely N-dealkylation sites (tertiary alicyclic amines) is 1. The molecule has 182 valence electrons. The fourth-order valence-electron chi connectivity index (χ4n) is 5.31. The molecule has 1 saturated heterocycles. The predicted molar refractivity (Wildman–Crippen MR) is 128 cm³/mol. The zero-order valence-electron chi connectivity index (χ0n) is 19.6. The van der Waals surface area contributed by atoms with Crippen LogP contribution in [0, 0.1) is 18.2 Å². The van der Waals surface area contributed by atoms with Crippen LogP contribution in [0.25, 0.3) is 0 Å².